The number of halogens is 3. The maximum atomic E-state index is 12.4. The van der Waals surface area contributed by atoms with Crippen LogP contribution >= 0.6 is 11.8 Å². The zero-order valence-corrected chi connectivity index (χ0v) is 10.3. The highest BCUT2D eigenvalue weighted by molar-refractivity contribution is 7.98. The van der Waals surface area contributed by atoms with Gasteiger partial charge in [0.05, 0.1) is 10.6 Å². The van der Waals surface area contributed by atoms with Gasteiger partial charge in [0.15, 0.2) is 0 Å². The third kappa shape index (κ3) is 2.85. The Kier molecular flexibility index (Phi) is 3.61. The molecule has 0 fully saturated rings. The second kappa shape index (κ2) is 5.02. The maximum absolute atomic E-state index is 12.4. The normalized spacial score (nSPS) is 11.6. The highest BCUT2D eigenvalue weighted by atomic mass is 32.2. The van der Waals surface area contributed by atoms with Gasteiger partial charge in [0.25, 0.3) is 0 Å². The minimum atomic E-state index is -4.29. The van der Waals surface area contributed by atoms with Crippen LogP contribution in [0.25, 0.3) is 11.1 Å². The summed E-state index contributed by atoms with van der Waals surface area (Å²) in [7, 11) is 0. The van der Waals surface area contributed by atoms with Crippen molar-refractivity contribution in [2.75, 3.05) is 6.26 Å². The van der Waals surface area contributed by atoms with Crippen molar-refractivity contribution < 1.29 is 13.2 Å². The number of hydrogen-bond acceptors (Lipinski definition) is 2. The highest BCUT2D eigenvalue weighted by Crippen LogP contribution is 2.31. The summed E-state index contributed by atoms with van der Waals surface area (Å²) >= 11 is 1.52. The van der Waals surface area contributed by atoms with Gasteiger partial charge in [-0.3, -0.25) is 0 Å². The molecule has 1 aromatic carbocycles. The van der Waals surface area contributed by atoms with Crippen LogP contribution in [0.15, 0.2) is 47.6 Å². The molecule has 0 amide bonds. The first-order valence-corrected chi connectivity index (χ1v) is 6.41. The fraction of sp³-hybridized carbons (Fsp3) is 0.154. The molecule has 0 aliphatic carbocycles. The van der Waals surface area contributed by atoms with E-state index in [1.807, 2.05) is 18.4 Å². The van der Waals surface area contributed by atoms with Crippen LogP contribution < -0.4 is 0 Å². The van der Waals surface area contributed by atoms with Gasteiger partial charge in [0.1, 0.15) is 0 Å². The van der Waals surface area contributed by atoms with Crippen LogP contribution in [0, 0.1) is 0 Å². The second-order valence-corrected chi connectivity index (χ2v) is 4.49. The maximum Gasteiger partial charge on any atom is 0.416 e. The molecule has 0 atom stereocenters. The lowest BCUT2D eigenvalue weighted by atomic mass is 10.1. The number of nitrogens with zero attached hydrogens (tertiary/aromatic N) is 1. The van der Waals surface area contributed by atoms with Gasteiger partial charge in [-0.15, -0.1) is 11.8 Å². The van der Waals surface area contributed by atoms with Crippen molar-refractivity contribution in [3.63, 3.8) is 0 Å². The Morgan fingerprint density at radius 2 is 1.56 bits per heavy atom. The molecular formula is C13H10F3NS. The Bertz CT molecular complexity index is 517. The zero-order chi connectivity index (χ0) is 13.2. The van der Waals surface area contributed by atoms with Crippen molar-refractivity contribution in [1.29, 1.82) is 0 Å². The standard InChI is InChI=1S/C13H10F3NS/c1-18-12-7-4-10(8-17-12)9-2-5-11(6-3-9)13(14,15)16/h2-8H,1H3. The number of alkyl halides is 3. The number of pyridine rings is 1. The van der Waals surface area contributed by atoms with Gasteiger partial charge in [0.2, 0.25) is 0 Å². The molecular weight excluding hydrogens is 259 g/mol. The van der Waals surface area contributed by atoms with E-state index in [4.69, 9.17) is 0 Å². The third-order valence-corrected chi connectivity index (χ3v) is 3.15. The Balaban J connectivity index is 2.28. The summed E-state index contributed by atoms with van der Waals surface area (Å²) < 4.78 is 37.2. The monoisotopic (exact) mass is 269 g/mol. The summed E-state index contributed by atoms with van der Waals surface area (Å²) in [6.07, 6.45) is -0.714. The minimum Gasteiger partial charge on any atom is -0.249 e. The largest absolute Gasteiger partial charge is 0.416 e. The number of hydrogen-bond donors (Lipinski definition) is 0. The van der Waals surface area contributed by atoms with Crippen LogP contribution in [0.2, 0.25) is 0 Å². The van der Waals surface area contributed by atoms with E-state index in [2.05, 4.69) is 4.98 Å². The van der Waals surface area contributed by atoms with Crippen LogP contribution in [-0.4, -0.2) is 11.2 Å². The summed E-state index contributed by atoms with van der Waals surface area (Å²) in [5.41, 5.74) is 0.893. The van der Waals surface area contributed by atoms with Crippen molar-refractivity contribution in [3.05, 3.63) is 48.2 Å². The summed E-state index contributed by atoms with van der Waals surface area (Å²) in [4.78, 5) is 4.19. The first-order valence-electron chi connectivity index (χ1n) is 5.18. The molecule has 1 heterocycles. The van der Waals surface area contributed by atoms with Crippen molar-refractivity contribution >= 4 is 11.8 Å². The SMILES string of the molecule is CSc1ccc(-c2ccc(C(F)(F)F)cc2)cn1. The smallest absolute Gasteiger partial charge is 0.249 e. The van der Waals surface area contributed by atoms with Crippen LogP contribution in [0.1, 0.15) is 5.56 Å². The quantitative estimate of drug-likeness (QED) is 0.745. The summed E-state index contributed by atoms with van der Waals surface area (Å²) in [6.45, 7) is 0. The van der Waals surface area contributed by atoms with E-state index in [1.165, 1.54) is 23.9 Å². The fourth-order valence-corrected chi connectivity index (χ4v) is 1.89. The Hall–Kier alpha value is -1.49. The molecule has 18 heavy (non-hydrogen) atoms. The lowest BCUT2D eigenvalue weighted by Gasteiger charge is -2.07. The van der Waals surface area contributed by atoms with Crippen molar-refractivity contribution in [2.45, 2.75) is 11.2 Å². The zero-order valence-electron chi connectivity index (χ0n) is 9.53. The van der Waals surface area contributed by atoms with Crippen LogP contribution in [0.5, 0.6) is 0 Å². The first-order chi connectivity index (χ1) is 8.50. The van der Waals surface area contributed by atoms with Gasteiger partial charge in [-0.1, -0.05) is 18.2 Å². The average Bonchev–Trinajstić information content (AvgIpc) is 2.38. The molecule has 2 rings (SSSR count). The lowest BCUT2D eigenvalue weighted by Crippen LogP contribution is -2.03. The van der Waals surface area contributed by atoms with Gasteiger partial charge < -0.3 is 0 Å². The number of rotatable bonds is 2. The molecule has 0 N–H and O–H groups in total. The number of aromatic nitrogens is 1. The third-order valence-electron chi connectivity index (χ3n) is 2.49. The Morgan fingerprint density at radius 3 is 2.00 bits per heavy atom. The van der Waals surface area contributed by atoms with E-state index < -0.39 is 11.7 Å². The molecule has 94 valence electrons. The molecule has 2 aromatic rings. The molecule has 0 unspecified atom stereocenters. The van der Waals surface area contributed by atoms with Gasteiger partial charge in [-0.25, -0.2) is 4.98 Å². The molecule has 0 aliphatic heterocycles. The van der Waals surface area contributed by atoms with E-state index in [0.717, 1.165) is 28.3 Å². The van der Waals surface area contributed by atoms with Gasteiger partial charge in [0, 0.05) is 11.8 Å². The summed E-state index contributed by atoms with van der Waals surface area (Å²) in [6, 6.07) is 8.77. The number of benzene rings is 1. The number of thioether (sulfide) groups is 1. The van der Waals surface area contributed by atoms with Crippen LogP contribution in [0.3, 0.4) is 0 Å². The van der Waals surface area contributed by atoms with Gasteiger partial charge in [-0.05, 0) is 30.0 Å². The first kappa shape index (κ1) is 13.0. The molecule has 0 aliphatic rings. The van der Waals surface area contributed by atoms with Gasteiger partial charge >= 0.3 is 6.18 Å². The van der Waals surface area contributed by atoms with E-state index >= 15 is 0 Å². The highest BCUT2D eigenvalue weighted by Gasteiger charge is 2.29. The molecule has 0 saturated carbocycles. The van der Waals surface area contributed by atoms with Crippen molar-refractivity contribution in [1.82, 2.24) is 4.98 Å². The molecule has 0 bridgehead atoms. The molecule has 0 radical (unpaired) electrons. The summed E-state index contributed by atoms with van der Waals surface area (Å²) in [5.74, 6) is 0. The molecule has 1 nitrogen and oxygen atoms in total. The second-order valence-electron chi connectivity index (χ2n) is 3.66. The van der Waals surface area contributed by atoms with Crippen LogP contribution in [-0.2, 0) is 6.18 Å². The predicted molar refractivity (Wildman–Crippen MR) is 66.5 cm³/mol. The van der Waals surface area contributed by atoms with E-state index in [-0.39, 0.29) is 0 Å². The fourth-order valence-electron chi connectivity index (χ4n) is 1.52. The minimum absolute atomic E-state index is 0.639. The molecule has 0 saturated heterocycles. The van der Waals surface area contributed by atoms with Gasteiger partial charge in [-0.2, -0.15) is 13.2 Å². The molecule has 1 aromatic heterocycles. The Labute approximate surface area is 107 Å². The van der Waals surface area contributed by atoms with Crippen molar-refractivity contribution in [3.8, 4) is 11.1 Å². The predicted octanol–water partition coefficient (Wildman–Crippen LogP) is 4.49. The molecule has 5 heteroatoms. The summed E-state index contributed by atoms with van der Waals surface area (Å²) in [5, 5.41) is 0.880. The molecule has 0 spiro atoms. The Morgan fingerprint density at radius 1 is 0.944 bits per heavy atom. The van der Waals surface area contributed by atoms with E-state index in [0.29, 0.717) is 0 Å². The average molecular weight is 269 g/mol. The lowest BCUT2D eigenvalue weighted by molar-refractivity contribution is -0.137. The van der Waals surface area contributed by atoms with Crippen LogP contribution in [0.4, 0.5) is 13.2 Å². The van der Waals surface area contributed by atoms with E-state index in [1.54, 1.807) is 6.20 Å². The topological polar surface area (TPSA) is 12.9 Å². The van der Waals surface area contributed by atoms with E-state index in [9.17, 15) is 13.2 Å². The van der Waals surface area contributed by atoms with Crippen molar-refractivity contribution in [2.24, 2.45) is 0 Å².